The molecule has 3 atom stereocenters. The van der Waals surface area contributed by atoms with Crippen LogP contribution in [0.2, 0.25) is 0 Å². The van der Waals surface area contributed by atoms with Crippen LogP contribution in [0.15, 0.2) is 42.6 Å². The zero-order chi connectivity index (χ0) is 19.3. The maximum atomic E-state index is 13.5. The van der Waals surface area contributed by atoms with E-state index in [1.54, 1.807) is 31.5 Å². The summed E-state index contributed by atoms with van der Waals surface area (Å²) in [6.45, 7) is 2.85. The van der Waals surface area contributed by atoms with E-state index in [9.17, 15) is 9.90 Å². The molecule has 1 N–H and O–H groups in total. The molecule has 5 heterocycles. The fourth-order valence-electron chi connectivity index (χ4n) is 5.57. The molecule has 1 amide bonds. The van der Waals surface area contributed by atoms with Crippen LogP contribution in [0.4, 0.5) is 0 Å². The molecule has 0 saturated carbocycles. The first-order valence-corrected chi connectivity index (χ1v) is 10.0. The van der Waals surface area contributed by atoms with Crippen LogP contribution in [0, 0.1) is 5.92 Å². The van der Waals surface area contributed by atoms with Crippen LogP contribution in [0.5, 0.6) is 11.6 Å². The number of carbonyl (C=O) groups is 1. The number of phenols is 1. The lowest BCUT2D eigenvalue weighted by Gasteiger charge is -2.51. The van der Waals surface area contributed by atoms with Crippen molar-refractivity contribution in [3.8, 4) is 11.6 Å². The number of amides is 1. The van der Waals surface area contributed by atoms with Gasteiger partial charge in [0.2, 0.25) is 5.88 Å². The number of fused-ring (bicyclic) bond motifs is 2. The van der Waals surface area contributed by atoms with Gasteiger partial charge < -0.3 is 14.7 Å². The highest BCUT2D eigenvalue weighted by Gasteiger charge is 2.54. The number of hydrogen-bond donors (Lipinski definition) is 1. The number of piperidine rings is 3. The molecule has 6 nitrogen and oxygen atoms in total. The molecule has 2 aromatic rings. The van der Waals surface area contributed by atoms with E-state index in [0.29, 0.717) is 29.9 Å². The molecule has 0 aliphatic carbocycles. The first-order chi connectivity index (χ1) is 13.7. The number of ether oxygens (including phenoxy) is 1. The van der Waals surface area contributed by atoms with Gasteiger partial charge in [0.05, 0.1) is 13.2 Å². The molecule has 0 radical (unpaired) electrons. The molecule has 6 rings (SSSR count). The minimum absolute atomic E-state index is 0.00338. The second kappa shape index (κ2) is 6.78. The number of benzene rings is 1. The smallest absolute Gasteiger partial charge is 0.259 e. The van der Waals surface area contributed by atoms with Gasteiger partial charge in [0.1, 0.15) is 11.3 Å². The zero-order valence-electron chi connectivity index (χ0n) is 16.0. The third-order valence-corrected chi connectivity index (χ3v) is 6.75. The molecule has 4 aliphatic heterocycles. The Morgan fingerprint density at radius 2 is 2.00 bits per heavy atom. The Balaban J connectivity index is 1.54. The van der Waals surface area contributed by atoms with Gasteiger partial charge >= 0.3 is 0 Å². The van der Waals surface area contributed by atoms with Crippen LogP contribution < -0.4 is 4.74 Å². The van der Waals surface area contributed by atoms with E-state index in [1.165, 1.54) is 0 Å². The minimum atomic E-state index is -0.00338. The molecule has 6 heteroatoms. The number of rotatable bonds is 3. The van der Waals surface area contributed by atoms with Gasteiger partial charge in [0.25, 0.3) is 5.91 Å². The van der Waals surface area contributed by atoms with Crippen molar-refractivity contribution >= 4 is 5.91 Å². The first kappa shape index (κ1) is 17.5. The average molecular weight is 379 g/mol. The van der Waals surface area contributed by atoms with Crippen molar-refractivity contribution in [3.63, 3.8) is 0 Å². The predicted molar refractivity (Wildman–Crippen MR) is 105 cm³/mol. The van der Waals surface area contributed by atoms with E-state index >= 15 is 0 Å². The SMILES string of the molecule is COc1ncccc1C(=O)N1C[C@@H](c2cccc(O)c2)[C@@H]2[C@H]1C1CCN2CC1. The summed E-state index contributed by atoms with van der Waals surface area (Å²) >= 11 is 0. The summed E-state index contributed by atoms with van der Waals surface area (Å²) in [5.74, 6) is 1.39. The molecule has 28 heavy (non-hydrogen) atoms. The number of carbonyl (C=O) groups excluding carboxylic acids is 1. The normalized spacial score (nSPS) is 30.9. The summed E-state index contributed by atoms with van der Waals surface area (Å²) in [5, 5.41) is 10.0. The monoisotopic (exact) mass is 379 g/mol. The van der Waals surface area contributed by atoms with Crippen molar-refractivity contribution in [3.05, 3.63) is 53.7 Å². The molecule has 0 spiro atoms. The van der Waals surface area contributed by atoms with Gasteiger partial charge in [-0.2, -0.15) is 0 Å². The van der Waals surface area contributed by atoms with E-state index in [1.807, 2.05) is 12.1 Å². The molecule has 0 unspecified atom stereocenters. The van der Waals surface area contributed by atoms with Crippen molar-refractivity contribution in [1.29, 1.82) is 0 Å². The quantitative estimate of drug-likeness (QED) is 0.888. The van der Waals surface area contributed by atoms with E-state index in [-0.39, 0.29) is 23.6 Å². The third-order valence-electron chi connectivity index (χ3n) is 6.75. The Morgan fingerprint density at radius 3 is 2.75 bits per heavy atom. The van der Waals surface area contributed by atoms with E-state index in [2.05, 4.69) is 20.9 Å². The molecule has 2 bridgehead atoms. The van der Waals surface area contributed by atoms with Gasteiger partial charge in [-0.1, -0.05) is 12.1 Å². The van der Waals surface area contributed by atoms with Crippen LogP contribution in [0.1, 0.15) is 34.7 Å². The number of phenolic OH excluding ortho intramolecular Hbond substituents is 1. The summed E-state index contributed by atoms with van der Waals surface area (Å²) in [7, 11) is 1.55. The number of aromatic hydroxyl groups is 1. The largest absolute Gasteiger partial charge is 0.508 e. The molecular weight excluding hydrogens is 354 g/mol. The van der Waals surface area contributed by atoms with Crippen LogP contribution in [-0.4, -0.2) is 64.6 Å². The second-order valence-corrected chi connectivity index (χ2v) is 8.07. The van der Waals surface area contributed by atoms with Crippen molar-refractivity contribution in [2.45, 2.75) is 30.8 Å². The predicted octanol–water partition coefficient (Wildman–Crippen LogP) is 2.50. The van der Waals surface area contributed by atoms with Gasteiger partial charge in [-0.15, -0.1) is 0 Å². The van der Waals surface area contributed by atoms with Crippen LogP contribution >= 0.6 is 0 Å². The lowest BCUT2D eigenvalue weighted by molar-refractivity contribution is -0.00351. The molecule has 4 aliphatic rings. The summed E-state index contributed by atoms with van der Waals surface area (Å²) in [6, 6.07) is 11.6. The highest BCUT2D eigenvalue weighted by atomic mass is 16.5. The van der Waals surface area contributed by atoms with Gasteiger partial charge in [-0.3, -0.25) is 9.69 Å². The summed E-state index contributed by atoms with van der Waals surface area (Å²) in [6.07, 6.45) is 3.93. The third kappa shape index (κ3) is 2.66. The highest BCUT2D eigenvalue weighted by Crippen LogP contribution is 2.47. The molecule has 4 fully saturated rings. The fourth-order valence-corrected chi connectivity index (χ4v) is 5.57. The zero-order valence-corrected chi connectivity index (χ0v) is 16.0. The van der Waals surface area contributed by atoms with Crippen molar-refractivity contribution in [1.82, 2.24) is 14.8 Å². The lowest BCUT2D eigenvalue weighted by atomic mass is 9.75. The molecule has 4 saturated heterocycles. The molecular formula is C22H25N3O3. The fraction of sp³-hybridized carbons (Fsp3) is 0.455. The Kier molecular flexibility index (Phi) is 4.23. The highest BCUT2D eigenvalue weighted by molar-refractivity contribution is 5.97. The number of pyridine rings is 1. The average Bonchev–Trinajstić information content (AvgIpc) is 3.17. The van der Waals surface area contributed by atoms with E-state index in [0.717, 1.165) is 31.5 Å². The molecule has 1 aromatic carbocycles. The van der Waals surface area contributed by atoms with Gasteiger partial charge in [0, 0.05) is 24.7 Å². The molecule has 1 aromatic heterocycles. The van der Waals surface area contributed by atoms with Crippen molar-refractivity contribution in [2.24, 2.45) is 5.92 Å². The Hall–Kier alpha value is -2.60. The second-order valence-electron chi connectivity index (χ2n) is 8.07. The first-order valence-electron chi connectivity index (χ1n) is 10.0. The van der Waals surface area contributed by atoms with Gasteiger partial charge in [-0.25, -0.2) is 4.98 Å². The van der Waals surface area contributed by atoms with E-state index < -0.39 is 0 Å². The standard InChI is InChI=1S/C22H25N3O3/c1-28-21-17(6-3-9-23-21)22(27)25-13-18(15-4-2-5-16(26)12-15)20-19(25)14-7-10-24(20)11-8-14/h2-6,9,12,14,18-20,26H,7-8,10-11,13H2,1H3/t18-,19+,20+/m0/s1. The number of hydrogen-bond acceptors (Lipinski definition) is 5. The lowest BCUT2D eigenvalue weighted by Crippen LogP contribution is -2.60. The molecule has 146 valence electrons. The maximum Gasteiger partial charge on any atom is 0.259 e. The van der Waals surface area contributed by atoms with E-state index in [4.69, 9.17) is 4.74 Å². The Labute approximate surface area is 164 Å². The Morgan fingerprint density at radius 1 is 1.18 bits per heavy atom. The maximum absolute atomic E-state index is 13.5. The van der Waals surface area contributed by atoms with Crippen LogP contribution in [0.3, 0.4) is 0 Å². The number of likely N-dealkylation sites (tertiary alicyclic amines) is 1. The number of methoxy groups -OCH3 is 1. The topological polar surface area (TPSA) is 65.9 Å². The summed E-state index contributed by atoms with van der Waals surface area (Å²) in [4.78, 5) is 22.4. The summed E-state index contributed by atoms with van der Waals surface area (Å²) < 4.78 is 5.35. The van der Waals surface area contributed by atoms with Crippen molar-refractivity contribution in [2.75, 3.05) is 26.7 Å². The van der Waals surface area contributed by atoms with Gasteiger partial charge in [0.15, 0.2) is 0 Å². The van der Waals surface area contributed by atoms with Gasteiger partial charge in [-0.05, 0) is 61.7 Å². The van der Waals surface area contributed by atoms with Crippen LogP contribution in [0.25, 0.3) is 0 Å². The minimum Gasteiger partial charge on any atom is -0.508 e. The number of aromatic nitrogens is 1. The number of nitrogens with zero attached hydrogens (tertiary/aromatic N) is 3. The summed E-state index contributed by atoms with van der Waals surface area (Å²) in [5.41, 5.74) is 1.63. The Bertz CT molecular complexity index is 894. The van der Waals surface area contributed by atoms with Crippen LogP contribution in [-0.2, 0) is 0 Å². The van der Waals surface area contributed by atoms with Crippen molar-refractivity contribution < 1.29 is 14.6 Å².